The molecule has 2 amide bonds. The zero-order chi connectivity index (χ0) is 18.6. The Kier molecular flexibility index (Phi) is 6.29. The van der Waals surface area contributed by atoms with Crippen molar-refractivity contribution >= 4 is 73.1 Å². The molecule has 4 aliphatic rings. The second kappa shape index (κ2) is 8.28. The zero-order valence-corrected chi connectivity index (χ0v) is 20.5. The maximum Gasteiger partial charge on any atom is 0.332 e. The second-order valence-corrected chi connectivity index (χ2v) is 10.4. The van der Waals surface area contributed by atoms with E-state index in [-0.39, 0.29) is 51.4 Å². The van der Waals surface area contributed by atoms with Gasteiger partial charge in [0.2, 0.25) is 10.0 Å². The molecule has 8 heteroatoms. The van der Waals surface area contributed by atoms with Gasteiger partial charge >= 0.3 is 6.03 Å². The largest absolute Gasteiger partial charge is 0.332 e. The first-order chi connectivity index (χ1) is 13.0. The van der Waals surface area contributed by atoms with Crippen molar-refractivity contribution in [2.75, 3.05) is 18.4 Å². The molecule has 0 bridgehead atoms. The summed E-state index contributed by atoms with van der Waals surface area (Å²) in [4.78, 5) is 14.8. The summed E-state index contributed by atoms with van der Waals surface area (Å²) in [5.41, 5.74) is 5.96. The first-order valence-electron chi connectivity index (χ1n) is 10.2. The maximum atomic E-state index is 12.7. The van der Waals surface area contributed by atoms with Crippen LogP contribution in [0.2, 0.25) is 0 Å². The number of nitrogens with one attached hydrogen (secondary N) is 2. The first kappa shape index (κ1) is 21.3. The zero-order valence-electron chi connectivity index (χ0n) is 16.6. The van der Waals surface area contributed by atoms with Crippen molar-refractivity contribution in [3.63, 3.8) is 0 Å². The van der Waals surface area contributed by atoms with Crippen LogP contribution >= 0.6 is 0 Å². The smallest absolute Gasteiger partial charge is 0.307 e. The fraction of sp³-hybridized carbons (Fsp3) is 0.650. The van der Waals surface area contributed by atoms with Gasteiger partial charge in [-0.25, -0.2) is 17.9 Å². The third-order valence-electron chi connectivity index (χ3n) is 6.63. The van der Waals surface area contributed by atoms with E-state index in [1.54, 1.807) is 0 Å². The minimum absolute atomic E-state index is 0. The molecule has 1 saturated carbocycles. The minimum atomic E-state index is -3.65. The summed E-state index contributed by atoms with van der Waals surface area (Å²) in [6, 6.07) is 2.26. The van der Waals surface area contributed by atoms with Gasteiger partial charge in [-0.2, -0.15) is 0 Å². The SMILES string of the molecule is O=C(Nc1c2c(cc3c1CCC3)CCC2)NS(=O)(=O)C1CCN(C2CC2)C1.[K]. The van der Waals surface area contributed by atoms with Crippen LogP contribution in [0.5, 0.6) is 0 Å². The molecular weight excluding hydrogens is 401 g/mol. The van der Waals surface area contributed by atoms with Crippen LogP contribution in [0.3, 0.4) is 0 Å². The molecular formula is C20H27KN3O3S. The van der Waals surface area contributed by atoms with Crippen molar-refractivity contribution in [2.24, 2.45) is 0 Å². The van der Waals surface area contributed by atoms with E-state index in [0.29, 0.717) is 19.0 Å². The van der Waals surface area contributed by atoms with Crippen LogP contribution in [0, 0.1) is 0 Å². The summed E-state index contributed by atoms with van der Waals surface area (Å²) in [6.07, 6.45) is 9.18. The fourth-order valence-corrected chi connectivity index (χ4v) is 6.38. The van der Waals surface area contributed by atoms with E-state index in [1.807, 2.05) is 0 Å². The van der Waals surface area contributed by atoms with E-state index in [1.165, 1.54) is 35.1 Å². The average molecular weight is 429 g/mol. The molecule has 2 fully saturated rings. The molecule has 1 radical (unpaired) electrons. The van der Waals surface area contributed by atoms with E-state index in [4.69, 9.17) is 0 Å². The number of hydrogen-bond acceptors (Lipinski definition) is 4. The van der Waals surface area contributed by atoms with E-state index < -0.39 is 21.3 Å². The maximum absolute atomic E-state index is 12.7. The number of amides is 2. The van der Waals surface area contributed by atoms with Gasteiger partial charge in [-0.3, -0.25) is 4.90 Å². The summed E-state index contributed by atoms with van der Waals surface area (Å²) in [5, 5.41) is 2.44. The Balaban J connectivity index is 0.00000192. The predicted molar refractivity (Wildman–Crippen MR) is 110 cm³/mol. The molecule has 1 unspecified atom stereocenters. The van der Waals surface area contributed by atoms with Crippen molar-refractivity contribution in [2.45, 2.75) is 69.1 Å². The monoisotopic (exact) mass is 428 g/mol. The van der Waals surface area contributed by atoms with E-state index >= 15 is 0 Å². The number of carbonyl (C=O) groups excluding carboxylic acids is 1. The van der Waals surface area contributed by atoms with Crippen molar-refractivity contribution < 1.29 is 13.2 Å². The summed E-state index contributed by atoms with van der Waals surface area (Å²) in [7, 11) is -3.65. The number of nitrogens with zero attached hydrogens (tertiary/aromatic N) is 1. The molecule has 0 spiro atoms. The van der Waals surface area contributed by atoms with Gasteiger partial charge in [-0.15, -0.1) is 0 Å². The number of sulfonamides is 1. The number of aryl methyl sites for hydroxylation is 2. The molecule has 1 atom stereocenters. The summed E-state index contributed by atoms with van der Waals surface area (Å²) in [5.74, 6) is 0. The summed E-state index contributed by atoms with van der Waals surface area (Å²) >= 11 is 0. The Morgan fingerprint density at radius 1 is 1.00 bits per heavy atom. The fourth-order valence-electron chi connectivity index (χ4n) is 5.10. The van der Waals surface area contributed by atoms with Crippen molar-refractivity contribution in [1.29, 1.82) is 0 Å². The molecule has 3 aliphatic carbocycles. The number of likely N-dealkylation sites (tertiary alicyclic amines) is 1. The van der Waals surface area contributed by atoms with Gasteiger partial charge in [-0.05, 0) is 86.6 Å². The van der Waals surface area contributed by atoms with Crippen LogP contribution < -0.4 is 10.0 Å². The van der Waals surface area contributed by atoms with Crippen LogP contribution in [0.4, 0.5) is 10.5 Å². The van der Waals surface area contributed by atoms with Crippen LogP contribution in [-0.4, -0.2) is 95.1 Å². The molecule has 1 heterocycles. The molecule has 1 saturated heterocycles. The van der Waals surface area contributed by atoms with Crippen LogP contribution in [0.1, 0.15) is 54.4 Å². The third kappa shape index (κ3) is 4.11. The summed E-state index contributed by atoms with van der Waals surface area (Å²) < 4.78 is 27.7. The van der Waals surface area contributed by atoms with Gasteiger partial charge in [0.25, 0.3) is 0 Å². The standard InChI is InChI=1S/C20H27N3O3S.K/c24-20(22-27(25,26)16-9-10-23(12-16)15-7-8-15)21-19-17-5-1-3-13(17)11-14-4-2-6-18(14)19;/h11,15-16H,1-10,12H2,(H2,21,22,24);. The molecule has 2 N–H and O–H groups in total. The number of fused-ring (bicyclic) bond motifs is 2. The van der Waals surface area contributed by atoms with Crippen molar-refractivity contribution in [3.05, 3.63) is 28.3 Å². The van der Waals surface area contributed by atoms with Crippen LogP contribution in [-0.2, 0) is 35.7 Å². The number of hydrogen-bond donors (Lipinski definition) is 2. The molecule has 147 valence electrons. The van der Waals surface area contributed by atoms with Crippen molar-refractivity contribution in [3.8, 4) is 0 Å². The number of urea groups is 1. The molecule has 1 aromatic rings. The summed E-state index contributed by atoms with van der Waals surface area (Å²) in [6.45, 7) is 1.36. The van der Waals surface area contributed by atoms with E-state index in [2.05, 4.69) is 21.0 Å². The van der Waals surface area contributed by atoms with Crippen LogP contribution in [0.25, 0.3) is 0 Å². The van der Waals surface area contributed by atoms with Gasteiger partial charge in [-0.1, -0.05) is 6.07 Å². The predicted octanol–water partition coefficient (Wildman–Crippen LogP) is 1.97. The third-order valence-corrected chi connectivity index (χ3v) is 8.36. The topological polar surface area (TPSA) is 78.5 Å². The number of carbonyl (C=O) groups is 1. The van der Waals surface area contributed by atoms with E-state index in [0.717, 1.165) is 50.8 Å². The molecule has 6 nitrogen and oxygen atoms in total. The normalized spacial score (nSPS) is 23.8. The molecule has 1 aliphatic heterocycles. The van der Waals surface area contributed by atoms with E-state index in [9.17, 15) is 13.2 Å². The minimum Gasteiger partial charge on any atom is -0.307 e. The quantitative estimate of drug-likeness (QED) is 0.719. The van der Waals surface area contributed by atoms with Crippen molar-refractivity contribution in [1.82, 2.24) is 9.62 Å². The first-order valence-corrected chi connectivity index (χ1v) is 11.8. The van der Waals surface area contributed by atoms with Crippen LogP contribution in [0.15, 0.2) is 6.07 Å². The Hall–Kier alpha value is 0.0364. The van der Waals surface area contributed by atoms with Gasteiger partial charge in [0.05, 0.1) is 5.25 Å². The Morgan fingerprint density at radius 3 is 2.25 bits per heavy atom. The molecule has 0 aromatic heterocycles. The average Bonchev–Trinajstić information content (AvgIpc) is 3.05. The number of benzene rings is 1. The molecule has 28 heavy (non-hydrogen) atoms. The second-order valence-electron chi connectivity index (χ2n) is 8.47. The van der Waals surface area contributed by atoms with Gasteiger partial charge in [0.15, 0.2) is 0 Å². The number of anilines is 1. The number of rotatable bonds is 4. The molecule has 1 aromatic carbocycles. The van der Waals surface area contributed by atoms with Gasteiger partial charge < -0.3 is 5.32 Å². The van der Waals surface area contributed by atoms with Gasteiger partial charge in [0, 0.05) is 69.7 Å². The Bertz CT molecular complexity index is 866. The van der Waals surface area contributed by atoms with Gasteiger partial charge in [0.1, 0.15) is 0 Å². The molecule has 5 rings (SSSR count). The Morgan fingerprint density at radius 2 is 1.64 bits per heavy atom. The Labute approximate surface area is 209 Å².